The third-order valence-electron chi connectivity index (χ3n) is 3.26. The van der Waals surface area contributed by atoms with E-state index in [1.54, 1.807) is 12.4 Å². The molecule has 7 heteroatoms. The first kappa shape index (κ1) is 15.1. The van der Waals surface area contributed by atoms with Gasteiger partial charge < -0.3 is 10.3 Å². The topological polar surface area (TPSA) is 87.7 Å². The summed E-state index contributed by atoms with van der Waals surface area (Å²) in [5, 5.41) is 3.71. The lowest BCUT2D eigenvalue weighted by atomic mass is 10.2. The number of nitrogens with zero attached hydrogens (tertiary/aromatic N) is 2. The normalized spacial score (nSPS) is 10.5. The van der Waals surface area contributed by atoms with Crippen molar-refractivity contribution < 1.29 is 4.79 Å². The van der Waals surface area contributed by atoms with Gasteiger partial charge in [-0.3, -0.25) is 14.6 Å². The molecule has 3 aromatic heterocycles. The number of aromatic nitrogens is 3. The Labute approximate surface area is 136 Å². The van der Waals surface area contributed by atoms with Crippen LogP contribution in [0.3, 0.4) is 0 Å². The quantitative estimate of drug-likeness (QED) is 0.769. The number of aromatic amines is 1. The molecule has 6 nitrogen and oxygen atoms in total. The molecule has 0 aliphatic heterocycles. The summed E-state index contributed by atoms with van der Waals surface area (Å²) in [6, 6.07) is 6.64. The van der Waals surface area contributed by atoms with Gasteiger partial charge >= 0.3 is 0 Å². The van der Waals surface area contributed by atoms with E-state index in [4.69, 9.17) is 0 Å². The summed E-state index contributed by atoms with van der Waals surface area (Å²) >= 11 is 1.53. The van der Waals surface area contributed by atoms with E-state index < -0.39 is 0 Å². The van der Waals surface area contributed by atoms with Crippen molar-refractivity contribution in [2.45, 2.75) is 13.5 Å². The molecule has 0 aliphatic rings. The van der Waals surface area contributed by atoms with E-state index in [9.17, 15) is 9.59 Å². The van der Waals surface area contributed by atoms with Gasteiger partial charge in [0, 0.05) is 35.1 Å². The monoisotopic (exact) mass is 326 g/mol. The van der Waals surface area contributed by atoms with Crippen LogP contribution in [0.1, 0.15) is 20.9 Å². The minimum absolute atomic E-state index is 0.235. The molecule has 1 amide bonds. The molecule has 0 saturated heterocycles. The average Bonchev–Trinajstić information content (AvgIpc) is 2.95. The number of pyridine rings is 2. The number of thiazole rings is 1. The van der Waals surface area contributed by atoms with Gasteiger partial charge in [-0.05, 0) is 25.1 Å². The highest BCUT2D eigenvalue weighted by Crippen LogP contribution is 2.27. The fraction of sp³-hybridized carbons (Fsp3) is 0.125. The largest absolute Gasteiger partial charge is 0.347 e. The average molecular weight is 326 g/mol. The lowest BCUT2D eigenvalue weighted by molar-refractivity contribution is 0.0951. The Morgan fingerprint density at radius 1 is 1.35 bits per heavy atom. The van der Waals surface area contributed by atoms with Gasteiger partial charge in [-0.2, -0.15) is 0 Å². The lowest BCUT2D eigenvalue weighted by Crippen LogP contribution is -2.23. The second-order valence-corrected chi connectivity index (χ2v) is 5.98. The van der Waals surface area contributed by atoms with Crippen molar-refractivity contribution in [3.05, 3.63) is 69.3 Å². The van der Waals surface area contributed by atoms with Crippen LogP contribution < -0.4 is 10.9 Å². The van der Waals surface area contributed by atoms with Crippen LogP contribution in [-0.2, 0) is 6.54 Å². The van der Waals surface area contributed by atoms with Gasteiger partial charge in [-0.15, -0.1) is 11.3 Å². The Balaban J connectivity index is 1.71. The van der Waals surface area contributed by atoms with Gasteiger partial charge in [0.1, 0.15) is 5.01 Å². The molecule has 3 heterocycles. The van der Waals surface area contributed by atoms with Crippen LogP contribution in [-0.4, -0.2) is 20.9 Å². The van der Waals surface area contributed by atoms with Gasteiger partial charge in [0.2, 0.25) is 5.56 Å². The molecule has 0 aromatic carbocycles. The molecule has 0 atom stereocenters. The molecule has 0 bridgehead atoms. The maximum Gasteiger partial charge on any atom is 0.253 e. The molecule has 0 fully saturated rings. The van der Waals surface area contributed by atoms with Crippen molar-refractivity contribution in [2.24, 2.45) is 0 Å². The number of carbonyl (C=O) groups excluding carboxylic acids is 1. The summed E-state index contributed by atoms with van der Waals surface area (Å²) in [5.74, 6) is -0.239. The molecule has 0 spiro atoms. The first-order chi connectivity index (χ1) is 11.1. The molecule has 2 N–H and O–H groups in total. The Morgan fingerprint density at radius 3 is 2.91 bits per heavy atom. The van der Waals surface area contributed by atoms with E-state index in [1.807, 2.05) is 19.1 Å². The maximum atomic E-state index is 12.1. The van der Waals surface area contributed by atoms with Crippen LogP contribution in [0.25, 0.3) is 10.6 Å². The molecule has 3 rings (SSSR count). The van der Waals surface area contributed by atoms with Crippen LogP contribution >= 0.6 is 11.3 Å². The highest BCUT2D eigenvalue weighted by atomic mass is 32.1. The van der Waals surface area contributed by atoms with Crippen molar-refractivity contribution in [1.29, 1.82) is 0 Å². The van der Waals surface area contributed by atoms with Crippen LogP contribution in [0.2, 0.25) is 0 Å². The predicted octanol–water partition coefficient (Wildman–Crippen LogP) is 2.13. The number of nitrogens with one attached hydrogen (secondary N) is 2. The van der Waals surface area contributed by atoms with Gasteiger partial charge in [0.05, 0.1) is 17.8 Å². The first-order valence-electron chi connectivity index (χ1n) is 6.97. The fourth-order valence-electron chi connectivity index (χ4n) is 2.02. The van der Waals surface area contributed by atoms with Gasteiger partial charge in [0.25, 0.3) is 5.91 Å². The number of amides is 1. The smallest absolute Gasteiger partial charge is 0.253 e. The number of hydrogen-bond donors (Lipinski definition) is 2. The number of carbonyl (C=O) groups is 1. The molecule has 0 unspecified atom stereocenters. The zero-order valence-electron chi connectivity index (χ0n) is 12.4. The number of H-pyrrole nitrogens is 1. The second kappa shape index (κ2) is 6.53. The zero-order valence-corrected chi connectivity index (χ0v) is 13.2. The van der Waals surface area contributed by atoms with E-state index in [2.05, 4.69) is 20.3 Å². The highest BCUT2D eigenvalue weighted by Gasteiger charge is 2.11. The van der Waals surface area contributed by atoms with Crippen LogP contribution in [0.15, 0.2) is 47.7 Å². The van der Waals surface area contributed by atoms with Crippen LogP contribution in [0.4, 0.5) is 0 Å². The third-order valence-corrected chi connectivity index (χ3v) is 4.46. The molecule has 0 saturated carbocycles. The molecule has 0 radical (unpaired) electrons. The minimum Gasteiger partial charge on any atom is -0.347 e. The summed E-state index contributed by atoms with van der Waals surface area (Å²) in [6.07, 6.45) is 4.88. The Morgan fingerprint density at radius 2 is 2.22 bits per heavy atom. The number of rotatable bonds is 4. The van der Waals surface area contributed by atoms with Gasteiger partial charge in [0.15, 0.2) is 0 Å². The molecule has 3 aromatic rings. The van der Waals surface area contributed by atoms with Gasteiger partial charge in [-0.1, -0.05) is 0 Å². The van der Waals surface area contributed by atoms with Crippen molar-refractivity contribution >= 4 is 17.2 Å². The number of hydrogen-bond acceptors (Lipinski definition) is 5. The lowest BCUT2D eigenvalue weighted by Gasteiger charge is -2.03. The minimum atomic E-state index is -0.239. The Bertz CT molecular complexity index is 866. The summed E-state index contributed by atoms with van der Waals surface area (Å²) in [7, 11) is 0. The van der Waals surface area contributed by atoms with E-state index in [1.165, 1.54) is 29.7 Å². The van der Waals surface area contributed by atoms with E-state index >= 15 is 0 Å². The van der Waals surface area contributed by atoms with Crippen LogP contribution in [0.5, 0.6) is 0 Å². The number of aryl methyl sites for hydroxylation is 1. The third kappa shape index (κ3) is 3.51. The first-order valence-corrected chi connectivity index (χ1v) is 7.79. The standard InChI is InChI=1S/C16H14N4O2S/c1-10-13(23-16(20-10)12-3-2-6-17-7-12)9-19-15(22)11-4-5-14(21)18-8-11/h2-8H,9H2,1H3,(H,18,21)(H,19,22). The summed E-state index contributed by atoms with van der Waals surface area (Å²) < 4.78 is 0. The summed E-state index contributed by atoms with van der Waals surface area (Å²) in [6.45, 7) is 2.31. The van der Waals surface area contributed by atoms with Crippen molar-refractivity contribution in [3.8, 4) is 10.6 Å². The van der Waals surface area contributed by atoms with Crippen molar-refractivity contribution in [2.75, 3.05) is 0 Å². The fourth-order valence-corrected chi connectivity index (χ4v) is 3.01. The van der Waals surface area contributed by atoms with E-state index in [-0.39, 0.29) is 11.5 Å². The summed E-state index contributed by atoms with van der Waals surface area (Å²) in [4.78, 5) is 35.1. The highest BCUT2D eigenvalue weighted by molar-refractivity contribution is 7.15. The Hall–Kier alpha value is -2.80. The predicted molar refractivity (Wildman–Crippen MR) is 88.3 cm³/mol. The van der Waals surface area contributed by atoms with Crippen LogP contribution in [0, 0.1) is 6.92 Å². The molecule has 23 heavy (non-hydrogen) atoms. The second-order valence-electron chi connectivity index (χ2n) is 4.89. The molecular formula is C16H14N4O2S. The SMILES string of the molecule is Cc1nc(-c2cccnc2)sc1CNC(=O)c1ccc(=O)[nH]c1. The van der Waals surface area contributed by atoms with Crippen molar-refractivity contribution in [1.82, 2.24) is 20.3 Å². The molecule has 0 aliphatic carbocycles. The van der Waals surface area contributed by atoms with Gasteiger partial charge in [-0.25, -0.2) is 4.98 Å². The summed E-state index contributed by atoms with van der Waals surface area (Å²) in [5.41, 5.74) is 2.02. The van der Waals surface area contributed by atoms with E-state index in [0.717, 1.165) is 21.1 Å². The maximum absolute atomic E-state index is 12.1. The molecular weight excluding hydrogens is 312 g/mol. The zero-order chi connectivity index (χ0) is 16.2. The Kier molecular flexibility index (Phi) is 4.29. The molecule has 116 valence electrons. The van der Waals surface area contributed by atoms with E-state index in [0.29, 0.717) is 12.1 Å². The van der Waals surface area contributed by atoms with Crippen molar-refractivity contribution in [3.63, 3.8) is 0 Å².